The molecule has 34 heavy (non-hydrogen) atoms. The molecule has 0 amide bonds. The zero-order chi connectivity index (χ0) is 23.5. The molecule has 6 heteroatoms. The Labute approximate surface area is 208 Å². The summed E-state index contributed by atoms with van der Waals surface area (Å²) in [6.45, 7) is 12.0. The van der Waals surface area contributed by atoms with Crippen molar-refractivity contribution >= 4 is 23.4 Å². The van der Waals surface area contributed by atoms with Crippen molar-refractivity contribution < 1.29 is 4.74 Å². The molecule has 5 rings (SSSR count). The molecule has 1 unspecified atom stereocenters. The van der Waals surface area contributed by atoms with Crippen LogP contribution in [0, 0.1) is 13.8 Å². The molecule has 1 fully saturated rings. The van der Waals surface area contributed by atoms with Crippen molar-refractivity contribution in [2.45, 2.75) is 19.9 Å². The van der Waals surface area contributed by atoms with Crippen LogP contribution in [0.3, 0.4) is 0 Å². The fourth-order valence-electron chi connectivity index (χ4n) is 5.16. The van der Waals surface area contributed by atoms with E-state index in [1.807, 2.05) is 0 Å². The quantitative estimate of drug-likeness (QED) is 0.643. The molecular weight excluding hydrogens is 440 g/mol. The molecular formula is C28H34N4OS. The molecule has 3 aliphatic heterocycles. The van der Waals surface area contributed by atoms with Crippen LogP contribution in [0.4, 0.5) is 0 Å². The van der Waals surface area contributed by atoms with Gasteiger partial charge in [0.05, 0.1) is 19.3 Å². The van der Waals surface area contributed by atoms with Crippen LogP contribution < -0.4 is 10.6 Å². The van der Waals surface area contributed by atoms with E-state index < -0.39 is 0 Å². The molecule has 2 aromatic carbocycles. The highest BCUT2D eigenvalue weighted by atomic mass is 32.1. The van der Waals surface area contributed by atoms with Gasteiger partial charge < -0.3 is 15.4 Å². The summed E-state index contributed by atoms with van der Waals surface area (Å²) in [7, 11) is 0. The van der Waals surface area contributed by atoms with Gasteiger partial charge in [-0.05, 0) is 65.5 Å². The predicted octanol–water partition coefficient (Wildman–Crippen LogP) is 3.81. The molecule has 0 saturated carbocycles. The van der Waals surface area contributed by atoms with Crippen molar-refractivity contribution in [2.24, 2.45) is 0 Å². The van der Waals surface area contributed by atoms with Crippen LogP contribution in [0.15, 0.2) is 65.4 Å². The molecule has 0 radical (unpaired) electrons. The predicted molar refractivity (Wildman–Crippen MR) is 143 cm³/mol. The van der Waals surface area contributed by atoms with Crippen LogP contribution in [0.25, 0.3) is 6.08 Å². The van der Waals surface area contributed by atoms with Gasteiger partial charge in [-0.1, -0.05) is 48.5 Å². The summed E-state index contributed by atoms with van der Waals surface area (Å²) in [4.78, 5) is 5.10. The highest BCUT2D eigenvalue weighted by Crippen LogP contribution is 2.35. The lowest BCUT2D eigenvalue weighted by molar-refractivity contribution is 0.0339. The van der Waals surface area contributed by atoms with Crippen LogP contribution in [-0.2, 0) is 4.74 Å². The normalized spacial score (nSPS) is 22.9. The minimum absolute atomic E-state index is 0.0800. The van der Waals surface area contributed by atoms with Gasteiger partial charge >= 0.3 is 0 Å². The van der Waals surface area contributed by atoms with Crippen LogP contribution in [0.5, 0.6) is 0 Å². The fourth-order valence-corrected chi connectivity index (χ4v) is 5.38. The first-order chi connectivity index (χ1) is 16.6. The Morgan fingerprint density at radius 3 is 2.41 bits per heavy atom. The van der Waals surface area contributed by atoms with Crippen LogP contribution in [0.2, 0.25) is 0 Å². The monoisotopic (exact) mass is 474 g/mol. The minimum atomic E-state index is 0.0800. The van der Waals surface area contributed by atoms with E-state index in [1.165, 1.54) is 39.1 Å². The van der Waals surface area contributed by atoms with Gasteiger partial charge in [-0.3, -0.25) is 9.80 Å². The number of ether oxygens (including phenoxy) is 1. The zero-order valence-corrected chi connectivity index (χ0v) is 21.0. The van der Waals surface area contributed by atoms with E-state index in [-0.39, 0.29) is 6.04 Å². The number of hydrogen-bond acceptors (Lipinski definition) is 4. The van der Waals surface area contributed by atoms with Crippen molar-refractivity contribution in [3.05, 3.63) is 87.6 Å². The maximum atomic E-state index is 5.69. The maximum Gasteiger partial charge on any atom is 0.171 e. The van der Waals surface area contributed by atoms with E-state index in [4.69, 9.17) is 17.0 Å². The van der Waals surface area contributed by atoms with E-state index in [1.54, 1.807) is 0 Å². The topological polar surface area (TPSA) is 39.8 Å². The third kappa shape index (κ3) is 5.10. The molecule has 0 aromatic heterocycles. The van der Waals surface area contributed by atoms with E-state index in [0.717, 1.165) is 52.5 Å². The van der Waals surface area contributed by atoms with Crippen LogP contribution in [-0.4, -0.2) is 67.4 Å². The molecule has 0 spiro atoms. The Morgan fingerprint density at radius 1 is 0.941 bits per heavy atom. The number of nitrogens with one attached hydrogen (secondary N) is 2. The number of hydrogen-bond donors (Lipinski definition) is 2. The van der Waals surface area contributed by atoms with Crippen LogP contribution in [0.1, 0.15) is 28.3 Å². The highest BCUT2D eigenvalue weighted by molar-refractivity contribution is 7.80. The second kappa shape index (κ2) is 10.4. The van der Waals surface area contributed by atoms with Gasteiger partial charge in [0.15, 0.2) is 5.11 Å². The van der Waals surface area contributed by atoms with E-state index in [2.05, 4.69) is 88.9 Å². The molecule has 0 bridgehead atoms. The van der Waals surface area contributed by atoms with Crippen molar-refractivity contribution in [3.63, 3.8) is 0 Å². The number of thiocarbonyl (C=S) groups is 1. The number of morpholine rings is 1. The summed E-state index contributed by atoms with van der Waals surface area (Å²) in [5, 5.41) is 7.81. The molecule has 0 aliphatic carbocycles. The zero-order valence-electron chi connectivity index (χ0n) is 20.1. The Hall–Kier alpha value is -2.51. The number of benzene rings is 2. The lowest BCUT2D eigenvalue weighted by Gasteiger charge is -2.41. The third-order valence-electron chi connectivity index (χ3n) is 7.15. The first-order valence-corrected chi connectivity index (χ1v) is 12.6. The van der Waals surface area contributed by atoms with E-state index >= 15 is 0 Å². The van der Waals surface area contributed by atoms with Gasteiger partial charge in [-0.15, -0.1) is 0 Å². The summed E-state index contributed by atoms with van der Waals surface area (Å²) < 4.78 is 5.54. The third-order valence-corrected chi connectivity index (χ3v) is 7.37. The summed E-state index contributed by atoms with van der Waals surface area (Å²) in [5.41, 5.74) is 9.00. The summed E-state index contributed by atoms with van der Waals surface area (Å²) >= 11 is 5.69. The smallest absolute Gasteiger partial charge is 0.171 e. The lowest BCUT2D eigenvalue weighted by Crippen LogP contribution is -2.51. The van der Waals surface area contributed by atoms with Gasteiger partial charge in [0.2, 0.25) is 0 Å². The Kier molecular flexibility index (Phi) is 7.11. The average Bonchev–Trinajstić information content (AvgIpc) is 2.85. The summed E-state index contributed by atoms with van der Waals surface area (Å²) in [6, 6.07) is 17.3. The first-order valence-electron chi connectivity index (χ1n) is 12.2. The molecule has 5 nitrogen and oxygen atoms in total. The Morgan fingerprint density at radius 2 is 1.65 bits per heavy atom. The second-order valence-electron chi connectivity index (χ2n) is 9.48. The van der Waals surface area contributed by atoms with Crippen LogP contribution >= 0.6 is 12.2 Å². The van der Waals surface area contributed by atoms with Crippen molar-refractivity contribution in [1.29, 1.82) is 0 Å². The maximum absolute atomic E-state index is 5.69. The SMILES string of the molecule is Cc1ccccc1/C=C1\CN(CCN2CCOCC2)CC2=C1NC(=S)NC2c1ccccc1C. The number of rotatable bonds is 5. The number of nitrogens with zero attached hydrogens (tertiary/aromatic N) is 2. The Balaban J connectivity index is 1.51. The highest BCUT2D eigenvalue weighted by Gasteiger charge is 2.34. The van der Waals surface area contributed by atoms with Crippen molar-refractivity contribution in [3.8, 4) is 0 Å². The number of aryl methyl sites for hydroxylation is 2. The molecule has 2 aromatic rings. The summed E-state index contributed by atoms with van der Waals surface area (Å²) in [6.07, 6.45) is 2.35. The van der Waals surface area contributed by atoms with Gasteiger partial charge in [0.1, 0.15) is 0 Å². The van der Waals surface area contributed by atoms with Crippen molar-refractivity contribution in [1.82, 2.24) is 20.4 Å². The first kappa shape index (κ1) is 23.2. The van der Waals surface area contributed by atoms with Gasteiger partial charge in [-0.2, -0.15) is 0 Å². The van der Waals surface area contributed by atoms with Crippen molar-refractivity contribution in [2.75, 3.05) is 52.5 Å². The molecule has 178 valence electrons. The minimum Gasteiger partial charge on any atom is -0.379 e. The molecule has 3 heterocycles. The molecule has 2 N–H and O–H groups in total. The van der Waals surface area contributed by atoms with Gasteiger partial charge in [0, 0.05) is 45.0 Å². The molecule has 1 saturated heterocycles. The lowest BCUT2D eigenvalue weighted by atomic mass is 9.87. The fraction of sp³-hybridized carbons (Fsp3) is 0.393. The van der Waals surface area contributed by atoms with E-state index in [0.29, 0.717) is 5.11 Å². The standard InChI is InChI=1S/C28H34N4OS/c1-20-7-3-5-9-22(20)17-23-18-32(12-11-31-13-15-33-16-14-31)19-25-26(23)29-28(34)30-27(25)24-10-6-4-8-21(24)2/h3-10,17,27H,11-16,18-19H2,1-2H3,(H2,29,30,34)/b23-17+. The second-order valence-corrected chi connectivity index (χ2v) is 9.89. The summed E-state index contributed by atoms with van der Waals surface area (Å²) in [5.74, 6) is 0. The van der Waals surface area contributed by atoms with E-state index in [9.17, 15) is 0 Å². The largest absolute Gasteiger partial charge is 0.379 e. The van der Waals surface area contributed by atoms with Gasteiger partial charge in [0.25, 0.3) is 0 Å². The molecule has 3 aliphatic rings. The molecule has 1 atom stereocenters. The van der Waals surface area contributed by atoms with Gasteiger partial charge in [-0.25, -0.2) is 0 Å². The Bertz CT molecular complexity index is 1120. The average molecular weight is 475 g/mol.